The number of nitro benzene ring substituents is 1. The van der Waals surface area contributed by atoms with E-state index in [0.717, 1.165) is 11.8 Å². The van der Waals surface area contributed by atoms with Crippen LogP contribution in [0, 0.1) is 10.1 Å². The van der Waals surface area contributed by atoms with E-state index < -0.39 is 20.5 Å². The summed E-state index contributed by atoms with van der Waals surface area (Å²) < 4.78 is 25.6. The number of halogens is 1. The summed E-state index contributed by atoms with van der Waals surface area (Å²) in [7, 11) is -3.27. The Morgan fingerprint density at radius 1 is 1.38 bits per heavy atom. The zero-order chi connectivity index (χ0) is 16.3. The lowest BCUT2D eigenvalue weighted by Crippen LogP contribution is -2.49. The van der Waals surface area contributed by atoms with Gasteiger partial charge in [-0.2, -0.15) is 0 Å². The second-order valence-corrected chi connectivity index (χ2v) is 8.00. The monoisotopic (exact) mass is 379 g/mol. The van der Waals surface area contributed by atoms with Crippen LogP contribution in [0.5, 0.6) is 0 Å². The molecule has 0 atom stereocenters. The Morgan fingerprint density at radius 2 is 2.00 bits per heavy atom. The number of sulfonamides is 1. The van der Waals surface area contributed by atoms with E-state index in [1.807, 2.05) is 0 Å². The van der Waals surface area contributed by atoms with Crippen LogP contribution in [0.2, 0.25) is 0 Å². The van der Waals surface area contributed by atoms with Gasteiger partial charge in [-0.05, 0) is 25.5 Å². The van der Waals surface area contributed by atoms with E-state index in [1.54, 1.807) is 19.9 Å². The molecule has 0 amide bonds. The van der Waals surface area contributed by atoms with Gasteiger partial charge in [0.1, 0.15) is 0 Å². The standard InChI is InChI=1S/C12H18BrN3O4S/c1-12(2,15-21(3,19)20)8-14-7-9-4-5-10(16(17)18)6-11(9)13/h4-6,14-15H,7-8H2,1-3H3. The Bertz CT molecular complexity index is 631. The van der Waals surface area contributed by atoms with Crippen LogP contribution in [-0.4, -0.2) is 31.7 Å². The van der Waals surface area contributed by atoms with Crippen LogP contribution in [0.4, 0.5) is 5.69 Å². The number of nitro groups is 1. The third kappa shape index (κ3) is 6.51. The van der Waals surface area contributed by atoms with Crippen LogP contribution in [0.15, 0.2) is 22.7 Å². The third-order valence-electron chi connectivity index (χ3n) is 2.59. The van der Waals surface area contributed by atoms with Gasteiger partial charge in [0.05, 0.1) is 11.2 Å². The fourth-order valence-corrected chi connectivity index (χ4v) is 3.42. The first-order chi connectivity index (χ1) is 9.50. The van der Waals surface area contributed by atoms with Gasteiger partial charge in [-0.15, -0.1) is 0 Å². The molecule has 0 heterocycles. The molecule has 1 aromatic carbocycles. The first-order valence-corrected chi connectivity index (χ1v) is 8.81. The highest BCUT2D eigenvalue weighted by Crippen LogP contribution is 2.22. The molecule has 7 nitrogen and oxygen atoms in total. The topological polar surface area (TPSA) is 101 Å². The quantitative estimate of drug-likeness (QED) is 0.555. The van der Waals surface area contributed by atoms with Crippen LogP contribution in [0.1, 0.15) is 19.4 Å². The van der Waals surface area contributed by atoms with Crippen LogP contribution in [0.3, 0.4) is 0 Å². The predicted molar refractivity (Wildman–Crippen MR) is 84.6 cm³/mol. The van der Waals surface area contributed by atoms with Gasteiger partial charge in [-0.3, -0.25) is 10.1 Å². The molecule has 0 aliphatic carbocycles. The number of benzene rings is 1. The van der Waals surface area contributed by atoms with Crippen molar-refractivity contribution in [2.45, 2.75) is 25.9 Å². The second-order valence-electron chi connectivity index (χ2n) is 5.39. The summed E-state index contributed by atoms with van der Waals surface area (Å²) in [6, 6.07) is 4.53. The van der Waals surface area contributed by atoms with Gasteiger partial charge in [-0.1, -0.05) is 15.9 Å². The molecule has 0 saturated carbocycles. The van der Waals surface area contributed by atoms with Crippen LogP contribution in [0.25, 0.3) is 0 Å². The lowest BCUT2D eigenvalue weighted by atomic mass is 10.1. The predicted octanol–water partition coefficient (Wildman–Crippen LogP) is 1.77. The molecule has 0 fully saturated rings. The molecular formula is C12H18BrN3O4S. The van der Waals surface area contributed by atoms with E-state index in [9.17, 15) is 18.5 Å². The average molecular weight is 380 g/mol. The molecule has 0 saturated heterocycles. The minimum absolute atomic E-state index is 0.0182. The van der Waals surface area contributed by atoms with Crippen molar-refractivity contribution in [1.29, 1.82) is 0 Å². The maximum absolute atomic E-state index is 11.2. The van der Waals surface area contributed by atoms with Gasteiger partial charge < -0.3 is 5.32 Å². The molecule has 118 valence electrons. The lowest BCUT2D eigenvalue weighted by Gasteiger charge is -2.25. The van der Waals surface area contributed by atoms with E-state index >= 15 is 0 Å². The highest BCUT2D eigenvalue weighted by molar-refractivity contribution is 9.10. The van der Waals surface area contributed by atoms with E-state index in [4.69, 9.17) is 0 Å². The summed E-state index contributed by atoms with van der Waals surface area (Å²) in [6.45, 7) is 4.43. The SMILES string of the molecule is CC(C)(CNCc1ccc([N+](=O)[O-])cc1Br)NS(C)(=O)=O. The number of nitrogens with zero attached hydrogens (tertiary/aromatic N) is 1. The molecule has 0 aliphatic rings. The van der Waals surface area contributed by atoms with E-state index in [1.165, 1.54) is 12.1 Å². The molecule has 0 aliphatic heterocycles. The number of hydrogen-bond donors (Lipinski definition) is 2. The number of nitrogens with one attached hydrogen (secondary N) is 2. The minimum Gasteiger partial charge on any atom is -0.311 e. The highest BCUT2D eigenvalue weighted by Gasteiger charge is 2.21. The van der Waals surface area contributed by atoms with E-state index in [0.29, 0.717) is 17.6 Å². The van der Waals surface area contributed by atoms with Crippen molar-refractivity contribution in [2.75, 3.05) is 12.8 Å². The van der Waals surface area contributed by atoms with Crippen molar-refractivity contribution in [2.24, 2.45) is 0 Å². The fraction of sp³-hybridized carbons (Fsp3) is 0.500. The normalized spacial score (nSPS) is 12.4. The molecule has 0 bridgehead atoms. The zero-order valence-corrected chi connectivity index (χ0v) is 14.4. The summed E-state index contributed by atoms with van der Waals surface area (Å²) in [5, 5.41) is 13.8. The lowest BCUT2D eigenvalue weighted by molar-refractivity contribution is -0.384. The maximum atomic E-state index is 11.2. The number of non-ortho nitro benzene ring substituents is 1. The molecular weight excluding hydrogens is 362 g/mol. The summed E-state index contributed by atoms with van der Waals surface area (Å²) in [5.74, 6) is 0. The first-order valence-electron chi connectivity index (χ1n) is 6.13. The molecule has 0 radical (unpaired) electrons. The molecule has 1 aromatic rings. The Balaban J connectivity index is 2.62. The van der Waals surface area contributed by atoms with Crippen molar-refractivity contribution in [3.05, 3.63) is 38.3 Å². The van der Waals surface area contributed by atoms with E-state index in [2.05, 4.69) is 26.0 Å². The largest absolute Gasteiger partial charge is 0.311 e. The van der Waals surface area contributed by atoms with Crippen LogP contribution >= 0.6 is 15.9 Å². The number of hydrogen-bond acceptors (Lipinski definition) is 5. The minimum atomic E-state index is -3.27. The van der Waals surface area contributed by atoms with Crippen molar-refractivity contribution in [1.82, 2.24) is 10.0 Å². The number of rotatable bonds is 7. The molecule has 0 unspecified atom stereocenters. The summed E-state index contributed by atoms with van der Waals surface area (Å²) in [5.41, 5.74) is 0.251. The van der Waals surface area contributed by atoms with Gasteiger partial charge in [0.25, 0.3) is 5.69 Å². The van der Waals surface area contributed by atoms with Gasteiger partial charge in [0, 0.05) is 35.2 Å². The Kier molecular flexibility index (Phi) is 5.85. The molecule has 21 heavy (non-hydrogen) atoms. The van der Waals surface area contributed by atoms with Crippen LogP contribution in [-0.2, 0) is 16.6 Å². The fourth-order valence-electron chi connectivity index (χ4n) is 1.84. The van der Waals surface area contributed by atoms with Crippen LogP contribution < -0.4 is 10.0 Å². The highest BCUT2D eigenvalue weighted by atomic mass is 79.9. The Labute approximate surface area is 132 Å². The molecule has 0 spiro atoms. The zero-order valence-electron chi connectivity index (χ0n) is 12.0. The molecule has 9 heteroatoms. The summed E-state index contributed by atoms with van der Waals surface area (Å²) in [4.78, 5) is 10.2. The first kappa shape index (κ1) is 18.0. The average Bonchev–Trinajstić information content (AvgIpc) is 2.27. The van der Waals surface area contributed by atoms with Gasteiger partial charge in [-0.25, -0.2) is 13.1 Å². The Morgan fingerprint density at radius 3 is 2.48 bits per heavy atom. The van der Waals surface area contributed by atoms with Gasteiger partial charge >= 0.3 is 0 Å². The molecule has 1 rings (SSSR count). The van der Waals surface area contributed by atoms with Crippen molar-refractivity contribution >= 4 is 31.6 Å². The van der Waals surface area contributed by atoms with Gasteiger partial charge in [0.2, 0.25) is 10.0 Å². The van der Waals surface area contributed by atoms with E-state index in [-0.39, 0.29) is 5.69 Å². The third-order valence-corrected chi connectivity index (χ3v) is 4.25. The van der Waals surface area contributed by atoms with Crippen molar-refractivity contribution in [3.8, 4) is 0 Å². The molecule has 2 N–H and O–H groups in total. The van der Waals surface area contributed by atoms with Crippen molar-refractivity contribution < 1.29 is 13.3 Å². The Hall–Kier alpha value is -1.03. The summed E-state index contributed by atoms with van der Waals surface area (Å²) >= 11 is 3.29. The molecule has 0 aromatic heterocycles. The maximum Gasteiger partial charge on any atom is 0.270 e. The smallest absolute Gasteiger partial charge is 0.270 e. The second kappa shape index (κ2) is 6.82. The van der Waals surface area contributed by atoms with Crippen molar-refractivity contribution in [3.63, 3.8) is 0 Å². The summed E-state index contributed by atoms with van der Waals surface area (Å²) in [6.07, 6.45) is 1.11. The van der Waals surface area contributed by atoms with Gasteiger partial charge in [0.15, 0.2) is 0 Å².